The van der Waals surface area contributed by atoms with Gasteiger partial charge in [0, 0.05) is 21.1 Å². The lowest BCUT2D eigenvalue weighted by Gasteiger charge is -2.00. The number of H-pyrrole nitrogens is 1. The molecule has 1 N–H and O–H groups in total. The van der Waals surface area contributed by atoms with Gasteiger partial charge in [0.1, 0.15) is 0 Å². The number of imidazole rings is 1. The van der Waals surface area contributed by atoms with Crippen LogP contribution in [0.4, 0.5) is 0 Å². The predicted octanol–water partition coefficient (Wildman–Crippen LogP) is -1.74. The summed E-state index contributed by atoms with van der Waals surface area (Å²) in [4.78, 5) is 36.5. The molecular weight excluding hydrogens is 200 g/mol. The number of aryl methyl sites for hydroxylation is 3. The monoisotopic (exact) mass is 210 g/mol. The van der Waals surface area contributed by atoms with Crippen LogP contribution >= 0.6 is 0 Å². The van der Waals surface area contributed by atoms with Gasteiger partial charge in [0.2, 0.25) is 0 Å². The third-order valence-electron chi connectivity index (χ3n) is 2.50. The Labute approximate surface area is 83.2 Å². The molecule has 2 aromatic rings. The molecule has 0 bridgehead atoms. The van der Waals surface area contributed by atoms with Gasteiger partial charge in [-0.15, -0.1) is 0 Å². The van der Waals surface area contributed by atoms with Crippen LogP contribution in [-0.2, 0) is 21.1 Å². The zero-order chi connectivity index (χ0) is 11.3. The summed E-state index contributed by atoms with van der Waals surface area (Å²) in [6, 6.07) is 0. The molecule has 0 aliphatic heterocycles. The number of rotatable bonds is 0. The van der Waals surface area contributed by atoms with Crippen LogP contribution in [0, 0.1) is 0 Å². The van der Waals surface area contributed by atoms with E-state index in [0.717, 1.165) is 0 Å². The molecule has 7 heteroatoms. The Morgan fingerprint density at radius 2 is 1.53 bits per heavy atom. The molecule has 0 atom stereocenters. The molecule has 2 aromatic heterocycles. The van der Waals surface area contributed by atoms with Gasteiger partial charge in [-0.1, -0.05) is 0 Å². The Morgan fingerprint density at radius 3 is 2.13 bits per heavy atom. The second kappa shape index (κ2) is 2.72. The van der Waals surface area contributed by atoms with E-state index in [1.54, 1.807) is 0 Å². The highest BCUT2D eigenvalue weighted by atomic mass is 16.2. The summed E-state index contributed by atoms with van der Waals surface area (Å²) >= 11 is 0. The van der Waals surface area contributed by atoms with Gasteiger partial charge in [0.15, 0.2) is 11.2 Å². The van der Waals surface area contributed by atoms with Crippen LogP contribution in [0.3, 0.4) is 0 Å². The first kappa shape index (κ1) is 9.50. The number of aromatic nitrogens is 4. The molecular formula is C8H10N4O3. The quantitative estimate of drug-likeness (QED) is 0.560. The lowest BCUT2D eigenvalue weighted by atomic mass is 10.5. The zero-order valence-electron chi connectivity index (χ0n) is 8.57. The Hall–Kier alpha value is -2.05. The van der Waals surface area contributed by atoms with Crippen molar-refractivity contribution in [2.75, 3.05) is 0 Å². The molecule has 80 valence electrons. The van der Waals surface area contributed by atoms with E-state index in [1.165, 1.54) is 34.8 Å². The second-order valence-corrected chi connectivity index (χ2v) is 3.39. The normalized spacial score (nSPS) is 11.1. The largest absolute Gasteiger partial charge is 0.329 e. The average molecular weight is 210 g/mol. The first-order chi connectivity index (χ1) is 6.95. The maximum Gasteiger partial charge on any atom is 0.329 e. The van der Waals surface area contributed by atoms with Gasteiger partial charge in [0.25, 0.3) is 5.56 Å². The van der Waals surface area contributed by atoms with Crippen LogP contribution < -0.4 is 16.9 Å². The smallest absolute Gasteiger partial charge is 0.289 e. The zero-order valence-corrected chi connectivity index (χ0v) is 8.57. The average Bonchev–Trinajstić information content (AvgIpc) is 2.40. The number of hydrogen-bond acceptors (Lipinski definition) is 3. The molecule has 0 radical (unpaired) electrons. The van der Waals surface area contributed by atoms with Gasteiger partial charge in [-0.25, -0.2) is 9.59 Å². The van der Waals surface area contributed by atoms with Crippen molar-refractivity contribution in [2.24, 2.45) is 21.1 Å². The minimum absolute atomic E-state index is 0.199. The fourth-order valence-corrected chi connectivity index (χ4v) is 1.69. The van der Waals surface area contributed by atoms with Crippen LogP contribution in [0.25, 0.3) is 11.2 Å². The van der Waals surface area contributed by atoms with Gasteiger partial charge in [-0.05, 0) is 0 Å². The first-order valence-corrected chi connectivity index (χ1v) is 4.30. The highest BCUT2D eigenvalue weighted by molar-refractivity contribution is 5.70. The summed E-state index contributed by atoms with van der Waals surface area (Å²) < 4.78 is 3.72. The second-order valence-electron chi connectivity index (χ2n) is 3.39. The molecule has 0 aliphatic carbocycles. The van der Waals surface area contributed by atoms with E-state index in [-0.39, 0.29) is 11.2 Å². The molecule has 15 heavy (non-hydrogen) atoms. The third kappa shape index (κ3) is 1.03. The molecule has 0 aliphatic rings. The minimum atomic E-state index is -0.548. The molecule has 2 rings (SSSR count). The van der Waals surface area contributed by atoms with Gasteiger partial charge >= 0.3 is 11.4 Å². The molecule has 7 nitrogen and oxygen atoms in total. The Morgan fingerprint density at radius 1 is 0.933 bits per heavy atom. The van der Waals surface area contributed by atoms with E-state index in [4.69, 9.17) is 0 Å². The molecule has 0 unspecified atom stereocenters. The van der Waals surface area contributed by atoms with Crippen molar-refractivity contribution in [3.8, 4) is 0 Å². The van der Waals surface area contributed by atoms with Crippen LogP contribution in [0.5, 0.6) is 0 Å². The number of aromatic amines is 1. The van der Waals surface area contributed by atoms with E-state index in [1.807, 2.05) is 0 Å². The Bertz CT molecular complexity index is 712. The van der Waals surface area contributed by atoms with Crippen LogP contribution in [-0.4, -0.2) is 18.7 Å². The standard InChI is InChI=1S/C8H10N4O3/c1-10-4-5(13)9-7(14)11(2)6(4)12(3)8(10)15/h1-3H3,(H,9,13,14). The summed E-state index contributed by atoms with van der Waals surface area (Å²) in [5, 5.41) is 0. The van der Waals surface area contributed by atoms with Gasteiger partial charge < -0.3 is 0 Å². The van der Waals surface area contributed by atoms with Gasteiger partial charge in [0.05, 0.1) is 0 Å². The summed E-state index contributed by atoms with van der Waals surface area (Å²) in [6.07, 6.45) is 0. The summed E-state index contributed by atoms with van der Waals surface area (Å²) in [7, 11) is 4.51. The molecule has 0 amide bonds. The molecule has 0 aromatic carbocycles. The van der Waals surface area contributed by atoms with Crippen molar-refractivity contribution in [1.29, 1.82) is 0 Å². The molecule has 0 saturated carbocycles. The number of nitrogens with zero attached hydrogens (tertiary/aromatic N) is 3. The maximum atomic E-state index is 11.6. The lowest BCUT2D eigenvalue weighted by Crippen LogP contribution is -2.29. The molecule has 2 heterocycles. The number of fused-ring (bicyclic) bond motifs is 1. The predicted molar refractivity (Wildman–Crippen MR) is 54.0 cm³/mol. The maximum absolute atomic E-state index is 11.6. The minimum Gasteiger partial charge on any atom is -0.289 e. The molecule has 0 spiro atoms. The summed E-state index contributed by atoms with van der Waals surface area (Å²) in [5.74, 6) is 0. The molecule has 0 fully saturated rings. The fraction of sp³-hybridized carbons (Fsp3) is 0.375. The lowest BCUT2D eigenvalue weighted by molar-refractivity contribution is 0.764. The topological polar surface area (TPSA) is 81.8 Å². The Kier molecular flexibility index (Phi) is 1.72. The van der Waals surface area contributed by atoms with Crippen LogP contribution in [0.1, 0.15) is 0 Å². The van der Waals surface area contributed by atoms with E-state index in [9.17, 15) is 14.4 Å². The summed E-state index contributed by atoms with van der Waals surface area (Å²) in [5.41, 5.74) is -0.903. The van der Waals surface area contributed by atoms with Crippen molar-refractivity contribution in [2.45, 2.75) is 0 Å². The van der Waals surface area contributed by atoms with Crippen LogP contribution in [0.2, 0.25) is 0 Å². The van der Waals surface area contributed by atoms with E-state index in [2.05, 4.69) is 4.98 Å². The van der Waals surface area contributed by atoms with Gasteiger partial charge in [-0.2, -0.15) is 0 Å². The van der Waals surface area contributed by atoms with Crippen molar-refractivity contribution in [3.63, 3.8) is 0 Å². The fourth-order valence-electron chi connectivity index (χ4n) is 1.69. The van der Waals surface area contributed by atoms with Crippen molar-refractivity contribution >= 4 is 11.2 Å². The first-order valence-electron chi connectivity index (χ1n) is 4.30. The van der Waals surface area contributed by atoms with Crippen LogP contribution in [0.15, 0.2) is 14.4 Å². The summed E-state index contributed by atoms with van der Waals surface area (Å²) in [6.45, 7) is 0. The van der Waals surface area contributed by atoms with Gasteiger partial charge in [-0.3, -0.25) is 23.5 Å². The Balaban J connectivity index is 3.33. The van der Waals surface area contributed by atoms with Crippen molar-refractivity contribution in [3.05, 3.63) is 31.3 Å². The molecule has 0 saturated heterocycles. The van der Waals surface area contributed by atoms with E-state index in [0.29, 0.717) is 5.65 Å². The highest BCUT2D eigenvalue weighted by Gasteiger charge is 2.14. The number of hydrogen-bond donors (Lipinski definition) is 1. The highest BCUT2D eigenvalue weighted by Crippen LogP contribution is 2.01. The number of nitrogens with one attached hydrogen (secondary N) is 1. The van der Waals surface area contributed by atoms with Crippen molar-refractivity contribution < 1.29 is 0 Å². The third-order valence-corrected chi connectivity index (χ3v) is 2.50. The SMILES string of the molecule is Cn1c(=O)n(C)c2c1c(=O)[nH]c(=O)n2C. The van der Waals surface area contributed by atoms with E-state index < -0.39 is 11.2 Å². The van der Waals surface area contributed by atoms with E-state index >= 15 is 0 Å². The van der Waals surface area contributed by atoms with Crippen molar-refractivity contribution in [1.82, 2.24) is 18.7 Å².